The van der Waals surface area contributed by atoms with Crippen LogP contribution in [0.3, 0.4) is 0 Å². The quantitative estimate of drug-likeness (QED) is 0.580. The highest BCUT2D eigenvalue weighted by Gasteiger charge is 2.21. The van der Waals surface area contributed by atoms with Gasteiger partial charge in [-0.05, 0) is 28.2 Å². The number of hydrogen-bond donors (Lipinski definition) is 0. The normalized spacial score (nSPS) is 12.7. The second kappa shape index (κ2) is 2.78. The molecule has 3 rings (SSSR count). The first-order valence-corrected chi connectivity index (χ1v) is 5.97. The summed E-state index contributed by atoms with van der Waals surface area (Å²) in [7, 11) is 0. The minimum absolute atomic E-state index is 1.08. The Balaban J connectivity index is 2.30. The zero-order valence-electron chi connectivity index (χ0n) is 6.75. The highest BCUT2D eigenvalue weighted by atomic mass is 127. The van der Waals surface area contributed by atoms with Gasteiger partial charge in [0.05, 0.1) is 5.69 Å². The molecule has 0 N–H and O–H groups in total. The van der Waals surface area contributed by atoms with Crippen molar-refractivity contribution >= 4 is 33.9 Å². The molecular weight excluding hydrogens is 293 g/mol. The summed E-state index contributed by atoms with van der Waals surface area (Å²) in [4.78, 5) is 5.96. The van der Waals surface area contributed by atoms with E-state index in [-0.39, 0.29) is 0 Å². The summed E-state index contributed by atoms with van der Waals surface area (Å²) >= 11 is 4.10. The first-order chi connectivity index (χ1) is 6.34. The van der Waals surface area contributed by atoms with Crippen molar-refractivity contribution in [3.05, 3.63) is 37.7 Å². The van der Waals surface area contributed by atoms with E-state index in [4.69, 9.17) is 0 Å². The van der Waals surface area contributed by atoms with Crippen LogP contribution < -0.4 is 0 Å². The van der Waals surface area contributed by atoms with E-state index in [1.165, 1.54) is 21.7 Å². The molecule has 0 saturated carbocycles. The highest BCUT2D eigenvalue weighted by Crippen LogP contribution is 2.39. The van der Waals surface area contributed by atoms with Crippen LogP contribution in [0.2, 0.25) is 0 Å². The molecule has 0 aliphatic heterocycles. The topological polar surface area (TPSA) is 12.9 Å². The molecule has 0 amide bonds. The molecule has 64 valence electrons. The van der Waals surface area contributed by atoms with Crippen molar-refractivity contribution in [1.29, 1.82) is 0 Å². The van der Waals surface area contributed by atoms with Gasteiger partial charge in [0, 0.05) is 16.9 Å². The molecule has 0 unspecified atom stereocenters. The number of hydrogen-bond acceptors (Lipinski definition) is 2. The maximum Gasteiger partial charge on any atom is 0.154 e. The predicted octanol–water partition coefficient (Wildman–Crippen LogP) is 3.32. The van der Waals surface area contributed by atoms with E-state index in [1.54, 1.807) is 0 Å². The monoisotopic (exact) mass is 299 g/mol. The molecule has 0 bridgehead atoms. The largest absolute Gasteiger partial charge is 0.230 e. The van der Waals surface area contributed by atoms with Crippen LogP contribution in [0.1, 0.15) is 10.4 Å². The van der Waals surface area contributed by atoms with Crippen molar-refractivity contribution in [1.82, 2.24) is 4.98 Å². The van der Waals surface area contributed by atoms with Gasteiger partial charge >= 0.3 is 0 Å². The van der Waals surface area contributed by atoms with Gasteiger partial charge in [0.15, 0.2) is 3.01 Å². The minimum Gasteiger partial charge on any atom is -0.230 e. The number of aromatic nitrogens is 1. The molecule has 1 aromatic heterocycles. The number of benzene rings is 1. The highest BCUT2D eigenvalue weighted by molar-refractivity contribution is 14.1. The molecule has 0 fully saturated rings. The molecule has 1 aliphatic rings. The Kier molecular flexibility index (Phi) is 1.70. The van der Waals surface area contributed by atoms with Gasteiger partial charge < -0.3 is 0 Å². The van der Waals surface area contributed by atoms with Gasteiger partial charge in [-0.1, -0.05) is 24.3 Å². The SMILES string of the molecule is Ic1nc2c(s1)Cc1ccccc1-2. The van der Waals surface area contributed by atoms with Crippen LogP contribution in [-0.4, -0.2) is 4.98 Å². The Labute approximate surface area is 94.0 Å². The molecule has 1 aliphatic carbocycles. The first-order valence-electron chi connectivity index (χ1n) is 4.08. The van der Waals surface area contributed by atoms with Gasteiger partial charge in [-0.2, -0.15) is 0 Å². The molecule has 1 nitrogen and oxygen atoms in total. The van der Waals surface area contributed by atoms with E-state index in [0.29, 0.717) is 0 Å². The average Bonchev–Trinajstić information content (AvgIpc) is 2.60. The Hall–Kier alpha value is -0.420. The first kappa shape index (κ1) is 7.94. The molecule has 1 heterocycles. The molecule has 0 saturated heterocycles. The Morgan fingerprint density at radius 1 is 1.31 bits per heavy atom. The van der Waals surface area contributed by atoms with Gasteiger partial charge in [-0.3, -0.25) is 0 Å². The van der Waals surface area contributed by atoms with E-state index in [2.05, 4.69) is 51.8 Å². The van der Waals surface area contributed by atoms with E-state index >= 15 is 0 Å². The second-order valence-corrected chi connectivity index (χ2v) is 5.91. The molecule has 0 radical (unpaired) electrons. The fourth-order valence-corrected chi connectivity index (χ4v) is 3.59. The van der Waals surface area contributed by atoms with Crippen molar-refractivity contribution in [3.8, 4) is 11.3 Å². The van der Waals surface area contributed by atoms with Crippen LogP contribution in [0, 0.1) is 3.01 Å². The molecule has 0 atom stereocenters. The molecule has 3 heteroatoms. The molecule has 2 aromatic rings. The molecule has 13 heavy (non-hydrogen) atoms. The van der Waals surface area contributed by atoms with Gasteiger partial charge in [-0.25, -0.2) is 4.98 Å². The van der Waals surface area contributed by atoms with Gasteiger partial charge in [0.25, 0.3) is 0 Å². The third-order valence-electron chi connectivity index (χ3n) is 2.29. The van der Waals surface area contributed by atoms with Crippen molar-refractivity contribution in [2.24, 2.45) is 0 Å². The number of halogens is 1. The van der Waals surface area contributed by atoms with Crippen LogP contribution >= 0.6 is 33.9 Å². The standard InChI is InChI=1S/C10H6INS/c11-10-12-9-7-4-2-1-3-6(7)5-8(9)13-10/h1-4H,5H2. The molecule has 0 spiro atoms. The lowest BCUT2D eigenvalue weighted by Crippen LogP contribution is -1.79. The second-order valence-electron chi connectivity index (χ2n) is 3.07. The summed E-state index contributed by atoms with van der Waals surface area (Å²) in [5.74, 6) is 0. The maximum atomic E-state index is 4.54. The Morgan fingerprint density at radius 3 is 3.08 bits per heavy atom. The Morgan fingerprint density at radius 2 is 2.15 bits per heavy atom. The zero-order valence-corrected chi connectivity index (χ0v) is 9.72. The lowest BCUT2D eigenvalue weighted by molar-refractivity contribution is 1.31. The fourth-order valence-electron chi connectivity index (χ4n) is 1.73. The summed E-state index contributed by atoms with van der Waals surface area (Å²) in [5, 5.41) is 0. The molecular formula is C10H6INS. The average molecular weight is 299 g/mol. The summed E-state index contributed by atoms with van der Waals surface area (Å²) in [6, 6.07) is 8.54. The number of rotatable bonds is 0. The van der Waals surface area contributed by atoms with Crippen molar-refractivity contribution in [2.45, 2.75) is 6.42 Å². The van der Waals surface area contributed by atoms with Crippen LogP contribution in [0.15, 0.2) is 24.3 Å². The van der Waals surface area contributed by atoms with E-state index < -0.39 is 0 Å². The number of fused-ring (bicyclic) bond motifs is 3. The smallest absolute Gasteiger partial charge is 0.154 e. The lowest BCUT2D eigenvalue weighted by Gasteiger charge is -1.95. The van der Waals surface area contributed by atoms with Crippen LogP contribution in [0.4, 0.5) is 0 Å². The fraction of sp³-hybridized carbons (Fsp3) is 0.100. The summed E-state index contributed by atoms with van der Waals surface area (Å²) in [5.41, 5.74) is 3.97. The van der Waals surface area contributed by atoms with Gasteiger partial charge in [0.2, 0.25) is 0 Å². The van der Waals surface area contributed by atoms with E-state index in [0.717, 1.165) is 9.44 Å². The van der Waals surface area contributed by atoms with E-state index in [1.807, 2.05) is 11.3 Å². The van der Waals surface area contributed by atoms with Gasteiger partial charge in [0.1, 0.15) is 0 Å². The molecule has 1 aromatic carbocycles. The van der Waals surface area contributed by atoms with Crippen LogP contribution in [0.5, 0.6) is 0 Å². The minimum atomic E-state index is 1.08. The summed E-state index contributed by atoms with van der Waals surface area (Å²) in [6.45, 7) is 0. The maximum absolute atomic E-state index is 4.54. The van der Waals surface area contributed by atoms with Crippen molar-refractivity contribution < 1.29 is 0 Å². The third-order valence-corrected chi connectivity index (χ3v) is 4.04. The van der Waals surface area contributed by atoms with E-state index in [9.17, 15) is 0 Å². The van der Waals surface area contributed by atoms with Crippen molar-refractivity contribution in [3.63, 3.8) is 0 Å². The number of nitrogens with zero attached hydrogens (tertiary/aromatic N) is 1. The lowest BCUT2D eigenvalue weighted by atomic mass is 10.1. The van der Waals surface area contributed by atoms with Crippen LogP contribution in [0.25, 0.3) is 11.3 Å². The van der Waals surface area contributed by atoms with Crippen LogP contribution in [-0.2, 0) is 6.42 Å². The summed E-state index contributed by atoms with van der Waals surface area (Å²) < 4.78 is 1.15. The Bertz CT molecular complexity index is 476. The zero-order chi connectivity index (χ0) is 8.84. The summed E-state index contributed by atoms with van der Waals surface area (Å²) in [6.07, 6.45) is 1.08. The van der Waals surface area contributed by atoms with Crippen molar-refractivity contribution in [2.75, 3.05) is 0 Å². The number of thiazole rings is 1. The third kappa shape index (κ3) is 1.14. The van der Waals surface area contributed by atoms with Gasteiger partial charge in [-0.15, -0.1) is 11.3 Å². The predicted molar refractivity (Wildman–Crippen MR) is 63.1 cm³/mol.